The van der Waals surface area contributed by atoms with Crippen LogP contribution in [0.2, 0.25) is 0 Å². The molecule has 0 aliphatic heterocycles. The van der Waals surface area contributed by atoms with E-state index in [-0.39, 0.29) is 31.5 Å². The summed E-state index contributed by atoms with van der Waals surface area (Å²) in [5.74, 6) is 0.0281. The number of esters is 1. The van der Waals surface area contributed by atoms with Crippen LogP contribution < -0.4 is 5.56 Å². The lowest BCUT2D eigenvalue weighted by Crippen LogP contribution is -2.22. The van der Waals surface area contributed by atoms with Gasteiger partial charge in [0.15, 0.2) is 0 Å². The van der Waals surface area contributed by atoms with Crippen molar-refractivity contribution in [3.8, 4) is 11.1 Å². The van der Waals surface area contributed by atoms with E-state index in [1.54, 1.807) is 10.8 Å². The van der Waals surface area contributed by atoms with E-state index in [4.69, 9.17) is 9.47 Å². The number of rotatable bonds is 6. The molecule has 0 aliphatic carbocycles. The zero-order valence-corrected chi connectivity index (χ0v) is 13.1. The molecule has 124 valence electrons. The molecule has 0 bridgehead atoms. The van der Waals surface area contributed by atoms with E-state index in [9.17, 15) is 9.59 Å². The summed E-state index contributed by atoms with van der Waals surface area (Å²) in [5.41, 5.74) is 1.04. The summed E-state index contributed by atoms with van der Waals surface area (Å²) in [5, 5.41) is 3.98. The van der Waals surface area contributed by atoms with Crippen molar-refractivity contribution < 1.29 is 14.3 Å². The van der Waals surface area contributed by atoms with Gasteiger partial charge in [0.1, 0.15) is 19.7 Å². The quantitative estimate of drug-likeness (QED) is 0.497. The fourth-order valence-electron chi connectivity index (χ4n) is 2.28. The lowest BCUT2D eigenvalue weighted by Gasteiger charge is -2.11. The highest BCUT2D eigenvalue weighted by atomic mass is 16.6. The highest BCUT2D eigenvalue weighted by Crippen LogP contribution is 2.15. The van der Waals surface area contributed by atoms with Crippen LogP contribution in [0.15, 0.2) is 47.7 Å². The molecule has 8 heteroatoms. The molecule has 0 N–H and O–H groups in total. The van der Waals surface area contributed by atoms with Gasteiger partial charge in [-0.05, 0) is 5.56 Å². The summed E-state index contributed by atoms with van der Waals surface area (Å²) in [6.45, 7) is 1.91. The Hall–Kier alpha value is -3.00. The van der Waals surface area contributed by atoms with Crippen LogP contribution in [-0.4, -0.2) is 38.3 Å². The maximum absolute atomic E-state index is 12.5. The minimum Gasteiger partial charge on any atom is -0.463 e. The van der Waals surface area contributed by atoms with Crippen LogP contribution in [0.25, 0.3) is 16.9 Å². The second kappa shape index (κ2) is 7.05. The van der Waals surface area contributed by atoms with Gasteiger partial charge in [-0.2, -0.15) is 14.6 Å². The predicted molar refractivity (Wildman–Crippen MR) is 85.3 cm³/mol. The summed E-state index contributed by atoms with van der Waals surface area (Å²) in [6, 6.07) is 9.31. The molecule has 0 radical (unpaired) electrons. The average Bonchev–Trinajstić information content (AvgIpc) is 3.07. The van der Waals surface area contributed by atoms with Crippen molar-refractivity contribution in [2.75, 3.05) is 13.2 Å². The van der Waals surface area contributed by atoms with E-state index in [1.807, 2.05) is 30.3 Å². The van der Waals surface area contributed by atoms with Crippen molar-refractivity contribution >= 4 is 11.7 Å². The van der Waals surface area contributed by atoms with E-state index in [0.717, 1.165) is 5.56 Å². The molecule has 8 nitrogen and oxygen atoms in total. The van der Waals surface area contributed by atoms with E-state index >= 15 is 0 Å². The topological polar surface area (TPSA) is 87.7 Å². The second-order valence-electron chi connectivity index (χ2n) is 5.03. The van der Waals surface area contributed by atoms with E-state index in [0.29, 0.717) is 11.3 Å². The Morgan fingerprint density at radius 1 is 1.21 bits per heavy atom. The van der Waals surface area contributed by atoms with E-state index in [2.05, 4.69) is 10.1 Å². The number of hydrogen-bond donors (Lipinski definition) is 0. The van der Waals surface area contributed by atoms with E-state index in [1.165, 1.54) is 17.8 Å². The van der Waals surface area contributed by atoms with Gasteiger partial charge >= 0.3 is 5.97 Å². The smallest absolute Gasteiger partial charge is 0.302 e. The van der Waals surface area contributed by atoms with Gasteiger partial charge in [0.05, 0.1) is 12.2 Å². The van der Waals surface area contributed by atoms with Crippen LogP contribution in [0, 0.1) is 0 Å². The van der Waals surface area contributed by atoms with Crippen LogP contribution in [-0.2, 0) is 21.0 Å². The number of nitrogens with zero attached hydrogens (tertiary/aromatic N) is 4. The number of ether oxygens (including phenoxy) is 2. The van der Waals surface area contributed by atoms with Crippen molar-refractivity contribution in [3.05, 3.63) is 53.2 Å². The fraction of sp³-hybridized carbons (Fsp3) is 0.250. The van der Waals surface area contributed by atoms with Crippen molar-refractivity contribution in [1.29, 1.82) is 0 Å². The molecule has 2 heterocycles. The van der Waals surface area contributed by atoms with Crippen molar-refractivity contribution in [3.63, 3.8) is 0 Å². The Balaban J connectivity index is 1.87. The van der Waals surface area contributed by atoms with E-state index < -0.39 is 0 Å². The summed E-state index contributed by atoms with van der Waals surface area (Å²) < 4.78 is 13.2. The molecular formula is C16H16N4O4. The van der Waals surface area contributed by atoms with Crippen LogP contribution in [0.4, 0.5) is 0 Å². The highest BCUT2D eigenvalue weighted by Gasteiger charge is 2.12. The number of fused-ring (bicyclic) bond motifs is 1. The Morgan fingerprint density at radius 3 is 2.75 bits per heavy atom. The standard InChI is InChI=1S/C16H16N4O4/c1-12(21)24-8-7-23-11-19-9-14(13-5-3-2-4-6-13)15(22)20-16(19)17-10-18-20/h2-6,9-10H,7-8,11H2,1H3. The SMILES string of the molecule is CC(=O)OCCOCn1cc(-c2ccccc2)c(=O)n2ncnc12. The number of carbonyl (C=O) groups excluding carboxylic acids is 1. The minimum absolute atomic E-state index is 0.156. The first kappa shape index (κ1) is 15.9. The lowest BCUT2D eigenvalue weighted by atomic mass is 10.1. The number of benzene rings is 1. The normalized spacial score (nSPS) is 10.9. The molecule has 0 amide bonds. The van der Waals surface area contributed by atoms with Gasteiger partial charge in [0.25, 0.3) is 5.56 Å². The molecule has 24 heavy (non-hydrogen) atoms. The molecule has 0 saturated carbocycles. The molecule has 0 saturated heterocycles. The van der Waals surface area contributed by atoms with Gasteiger partial charge in [-0.25, -0.2) is 0 Å². The molecule has 1 aromatic carbocycles. The first-order valence-corrected chi connectivity index (χ1v) is 7.36. The second-order valence-corrected chi connectivity index (χ2v) is 5.03. The summed E-state index contributed by atoms with van der Waals surface area (Å²) in [6.07, 6.45) is 3.01. The Bertz CT molecular complexity index is 901. The predicted octanol–water partition coefficient (Wildman–Crippen LogP) is 1.10. The van der Waals surface area contributed by atoms with Gasteiger partial charge in [0.2, 0.25) is 5.78 Å². The van der Waals surface area contributed by atoms with Gasteiger partial charge in [-0.1, -0.05) is 30.3 Å². The largest absolute Gasteiger partial charge is 0.463 e. The molecular weight excluding hydrogens is 312 g/mol. The molecule has 0 atom stereocenters. The van der Waals surface area contributed by atoms with Crippen molar-refractivity contribution in [2.45, 2.75) is 13.7 Å². The summed E-state index contributed by atoms with van der Waals surface area (Å²) in [7, 11) is 0. The summed E-state index contributed by atoms with van der Waals surface area (Å²) >= 11 is 0. The molecule has 0 fully saturated rings. The van der Waals surface area contributed by atoms with Gasteiger partial charge in [0, 0.05) is 13.1 Å². The van der Waals surface area contributed by atoms with Crippen LogP contribution in [0.3, 0.4) is 0 Å². The number of aromatic nitrogens is 4. The third kappa shape index (κ3) is 3.33. The summed E-state index contributed by atoms with van der Waals surface area (Å²) in [4.78, 5) is 27.3. The molecule has 3 rings (SSSR count). The maximum atomic E-state index is 12.5. The molecule has 0 aliphatic rings. The fourth-order valence-corrected chi connectivity index (χ4v) is 2.28. The van der Waals surface area contributed by atoms with Gasteiger partial charge < -0.3 is 9.47 Å². The first-order valence-electron chi connectivity index (χ1n) is 7.36. The highest BCUT2D eigenvalue weighted by molar-refractivity contribution is 5.65. The monoisotopic (exact) mass is 328 g/mol. The Labute approximate surface area is 137 Å². The van der Waals surface area contributed by atoms with Crippen LogP contribution in [0.1, 0.15) is 6.92 Å². The zero-order valence-electron chi connectivity index (χ0n) is 13.1. The van der Waals surface area contributed by atoms with Crippen molar-refractivity contribution in [2.24, 2.45) is 0 Å². The molecule has 0 unspecified atom stereocenters. The number of carbonyl (C=O) groups is 1. The van der Waals surface area contributed by atoms with Gasteiger partial charge in [-0.3, -0.25) is 14.2 Å². The van der Waals surface area contributed by atoms with Crippen LogP contribution >= 0.6 is 0 Å². The lowest BCUT2D eigenvalue weighted by molar-refractivity contribution is -0.142. The maximum Gasteiger partial charge on any atom is 0.302 e. The average molecular weight is 328 g/mol. The Kier molecular flexibility index (Phi) is 4.66. The zero-order chi connectivity index (χ0) is 16.9. The third-order valence-electron chi connectivity index (χ3n) is 3.34. The van der Waals surface area contributed by atoms with Crippen LogP contribution in [0.5, 0.6) is 0 Å². The van der Waals surface area contributed by atoms with Crippen molar-refractivity contribution in [1.82, 2.24) is 19.2 Å². The minimum atomic E-state index is -0.354. The molecule has 2 aromatic heterocycles. The number of hydrogen-bond acceptors (Lipinski definition) is 6. The molecule has 0 spiro atoms. The molecule has 3 aromatic rings. The first-order chi connectivity index (χ1) is 11.7. The Morgan fingerprint density at radius 2 is 2.00 bits per heavy atom. The van der Waals surface area contributed by atoms with Gasteiger partial charge in [-0.15, -0.1) is 0 Å². The third-order valence-corrected chi connectivity index (χ3v) is 3.34.